The second-order valence-corrected chi connectivity index (χ2v) is 9.81. The van der Waals surface area contributed by atoms with Crippen LogP contribution in [0.3, 0.4) is 0 Å². The maximum absolute atomic E-state index is 11.4. The molecule has 1 unspecified atom stereocenters. The molecule has 1 heterocycles. The molecule has 0 saturated carbocycles. The van der Waals surface area contributed by atoms with Crippen LogP contribution in [0.15, 0.2) is 42.6 Å². The van der Waals surface area contributed by atoms with Crippen molar-refractivity contribution in [2.45, 2.75) is 84.2 Å². The highest BCUT2D eigenvalue weighted by Crippen LogP contribution is 2.32. The van der Waals surface area contributed by atoms with Crippen molar-refractivity contribution in [3.8, 4) is 0 Å². The summed E-state index contributed by atoms with van der Waals surface area (Å²) in [5.74, 6) is 0. The highest BCUT2D eigenvalue weighted by molar-refractivity contribution is 6.31. The molecule has 0 bridgehead atoms. The van der Waals surface area contributed by atoms with E-state index in [0.29, 0.717) is 6.54 Å². The van der Waals surface area contributed by atoms with E-state index in [1.807, 2.05) is 30.5 Å². The molecule has 1 atom stereocenters. The zero-order chi connectivity index (χ0) is 23.5. The average Bonchev–Trinajstić information content (AvgIpc) is 2.83. The molecular formula is C29H42Cl2N2O. The topological polar surface area (TPSA) is 36.4 Å². The molecule has 0 fully saturated rings. The van der Waals surface area contributed by atoms with Crippen LogP contribution in [0, 0.1) is 0 Å². The van der Waals surface area contributed by atoms with E-state index in [1.54, 1.807) is 0 Å². The fourth-order valence-electron chi connectivity index (χ4n) is 4.75. The van der Waals surface area contributed by atoms with Crippen molar-refractivity contribution in [3.63, 3.8) is 0 Å². The number of rotatable bonds is 15. The lowest BCUT2D eigenvalue weighted by molar-refractivity contribution is 0.111. The fourth-order valence-corrected chi connectivity index (χ4v) is 4.92. The fraction of sp³-hybridized carbons (Fsp3) is 0.552. The maximum Gasteiger partial charge on any atom is 0.0938 e. The van der Waals surface area contributed by atoms with Gasteiger partial charge in [0.25, 0.3) is 0 Å². The SMILES string of the molecule is CCCCCCCN(CCCCCCC)CC(O)c1cc2ccc(Cl)cc2c2cccnc12.Cl. The summed E-state index contributed by atoms with van der Waals surface area (Å²) in [7, 11) is 0. The molecule has 1 N–H and O–H groups in total. The number of unbranched alkanes of at least 4 members (excludes halogenated alkanes) is 8. The van der Waals surface area contributed by atoms with Crippen LogP contribution in [-0.4, -0.2) is 34.6 Å². The van der Waals surface area contributed by atoms with Crippen molar-refractivity contribution in [2.75, 3.05) is 19.6 Å². The molecule has 188 valence electrons. The third kappa shape index (κ3) is 8.37. The predicted octanol–water partition coefficient (Wildman–Crippen LogP) is 8.74. The van der Waals surface area contributed by atoms with Crippen LogP contribution in [0.5, 0.6) is 0 Å². The Bertz CT molecular complexity index is 980. The molecular weight excluding hydrogens is 463 g/mol. The van der Waals surface area contributed by atoms with Crippen LogP contribution in [0.4, 0.5) is 0 Å². The molecule has 0 saturated heterocycles. The largest absolute Gasteiger partial charge is 0.387 e. The van der Waals surface area contributed by atoms with Gasteiger partial charge in [0.15, 0.2) is 0 Å². The molecule has 0 spiro atoms. The van der Waals surface area contributed by atoms with E-state index in [1.165, 1.54) is 64.2 Å². The lowest BCUT2D eigenvalue weighted by Gasteiger charge is -2.26. The molecule has 5 heteroatoms. The Morgan fingerprint density at radius 3 is 2.15 bits per heavy atom. The van der Waals surface area contributed by atoms with Crippen molar-refractivity contribution in [2.24, 2.45) is 0 Å². The molecule has 0 amide bonds. The lowest BCUT2D eigenvalue weighted by Crippen LogP contribution is -2.31. The number of pyridine rings is 1. The van der Waals surface area contributed by atoms with E-state index >= 15 is 0 Å². The summed E-state index contributed by atoms with van der Waals surface area (Å²) in [6, 6.07) is 12.1. The van der Waals surface area contributed by atoms with Crippen LogP contribution < -0.4 is 0 Å². The van der Waals surface area contributed by atoms with Gasteiger partial charge in [0.2, 0.25) is 0 Å². The first-order valence-corrected chi connectivity index (χ1v) is 13.4. The van der Waals surface area contributed by atoms with Crippen molar-refractivity contribution >= 4 is 45.7 Å². The number of benzene rings is 2. The molecule has 3 rings (SSSR count). The zero-order valence-corrected chi connectivity index (χ0v) is 22.5. The van der Waals surface area contributed by atoms with Crippen LogP contribution in [0.2, 0.25) is 5.02 Å². The summed E-state index contributed by atoms with van der Waals surface area (Å²) in [6.45, 7) is 7.29. The van der Waals surface area contributed by atoms with Gasteiger partial charge in [-0.1, -0.05) is 88.9 Å². The van der Waals surface area contributed by atoms with E-state index in [9.17, 15) is 5.11 Å². The van der Waals surface area contributed by atoms with Crippen LogP contribution in [0.25, 0.3) is 21.7 Å². The van der Waals surface area contributed by atoms with Gasteiger partial charge in [0.05, 0.1) is 11.6 Å². The molecule has 3 nitrogen and oxygen atoms in total. The number of fused-ring (bicyclic) bond motifs is 3. The molecule has 1 aromatic heterocycles. The van der Waals surface area contributed by atoms with Crippen molar-refractivity contribution in [1.82, 2.24) is 9.88 Å². The Morgan fingerprint density at radius 2 is 1.50 bits per heavy atom. The van der Waals surface area contributed by atoms with Gasteiger partial charge in [-0.15, -0.1) is 12.4 Å². The van der Waals surface area contributed by atoms with Gasteiger partial charge in [0.1, 0.15) is 0 Å². The first-order valence-electron chi connectivity index (χ1n) is 13.0. The van der Waals surface area contributed by atoms with Crippen molar-refractivity contribution < 1.29 is 5.11 Å². The highest BCUT2D eigenvalue weighted by atomic mass is 35.5. The van der Waals surface area contributed by atoms with E-state index < -0.39 is 6.10 Å². The smallest absolute Gasteiger partial charge is 0.0938 e. The standard InChI is InChI=1S/C29H41ClN2O.ClH/c1-3-5-7-9-11-18-32(19-12-10-8-6-4-2)22-28(33)27-20-23-15-16-24(30)21-26(23)25-14-13-17-31-29(25)27;/h13-17,20-21,28,33H,3-12,18-19,22H2,1-2H3;1H. The first kappa shape index (κ1) is 28.8. The number of aromatic nitrogens is 1. The molecule has 0 radical (unpaired) electrons. The van der Waals surface area contributed by atoms with E-state index in [0.717, 1.165) is 45.4 Å². The van der Waals surface area contributed by atoms with Crippen molar-refractivity contribution in [1.29, 1.82) is 0 Å². The minimum atomic E-state index is -0.561. The molecule has 2 aromatic carbocycles. The molecule has 0 aliphatic heterocycles. The summed E-state index contributed by atoms with van der Waals surface area (Å²) in [4.78, 5) is 7.14. The van der Waals surface area contributed by atoms with Gasteiger partial charge in [-0.05, 0) is 61.0 Å². The zero-order valence-electron chi connectivity index (χ0n) is 20.9. The minimum absolute atomic E-state index is 0. The summed E-state index contributed by atoms with van der Waals surface area (Å²) in [6.07, 6.45) is 14.0. The highest BCUT2D eigenvalue weighted by Gasteiger charge is 2.18. The Labute approximate surface area is 217 Å². The first-order chi connectivity index (χ1) is 16.1. The Balaban J connectivity index is 0.00000408. The van der Waals surface area contributed by atoms with Gasteiger partial charge in [-0.2, -0.15) is 0 Å². The van der Waals surface area contributed by atoms with Crippen molar-refractivity contribution in [3.05, 3.63) is 53.2 Å². The third-order valence-electron chi connectivity index (χ3n) is 6.64. The quantitative estimate of drug-likeness (QED) is 0.166. The summed E-state index contributed by atoms with van der Waals surface area (Å²) in [5, 5.41) is 15.3. The van der Waals surface area contributed by atoms with Crippen LogP contribution in [-0.2, 0) is 0 Å². The molecule has 3 aromatic rings. The molecule has 0 aliphatic rings. The van der Waals surface area contributed by atoms with Crippen LogP contribution >= 0.6 is 24.0 Å². The Morgan fingerprint density at radius 1 is 0.853 bits per heavy atom. The number of nitrogens with zero attached hydrogens (tertiary/aromatic N) is 2. The Kier molecular flexibility index (Phi) is 13.2. The van der Waals surface area contributed by atoms with E-state index in [2.05, 4.69) is 35.9 Å². The second-order valence-electron chi connectivity index (χ2n) is 9.38. The number of hydrogen-bond acceptors (Lipinski definition) is 3. The van der Waals surface area contributed by atoms with Gasteiger partial charge in [0, 0.05) is 28.7 Å². The monoisotopic (exact) mass is 504 g/mol. The van der Waals surface area contributed by atoms with Gasteiger partial charge >= 0.3 is 0 Å². The summed E-state index contributed by atoms with van der Waals surface area (Å²) < 4.78 is 0. The van der Waals surface area contributed by atoms with Crippen LogP contribution in [0.1, 0.15) is 89.7 Å². The summed E-state index contributed by atoms with van der Waals surface area (Å²) >= 11 is 6.27. The molecule has 0 aliphatic carbocycles. The predicted molar refractivity (Wildman–Crippen MR) is 150 cm³/mol. The van der Waals surface area contributed by atoms with E-state index in [4.69, 9.17) is 11.6 Å². The number of halogens is 2. The third-order valence-corrected chi connectivity index (χ3v) is 6.88. The second kappa shape index (κ2) is 15.6. The number of aliphatic hydroxyl groups is 1. The maximum atomic E-state index is 11.4. The average molecular weight is 506 g/mol. The van der Waals surface area contributed by atoms with Gasteiger partial charge < -0.3 is 10.0 Å². The Hall–Kier alpha value is -1.39. The summed E-state index contributed by atoms with van der Waals surface area (Å²) in [5.41, 5.74) is 1.80. The normalized spacial score (nSPS) is 12.4. The van der Waals surface area contributed by atoms with Gasteiger partial charge in [-0.25, -0.2) is 0 Å². The van der Waals surface area contributed by atoms with E-state index in [-0.39, 0.29) is 12.4 Å². The minimum Gasteiger partial charge on any atom is -0.387 e. The number of aliphatic hydroxyl groups excluding tert-OH is 1. The lowest BCUT2D eigenvalue weighted by atomic mass is 9.97. The van der Waals surface area contributed by atoms with Gasteiger partial charge in [-0.3, -0.25) is 4.98 Å². The molecule has 34 heavy (non-hydrogen) atoms. The number of hydrogen-bond donors (Lipinski definition) is 1.